The van der Waals surface area contributed by atoms with Crippen molar-refractivity contribution in [1.82, 2.24) is 20.5 Å². The average Bonchev–Trinajstić information content (AvgIpc) is 3.33. The van der Waals surface area contributed by atoms with Crippen LogP contribution in [0.25, 0.3) is 11.1 Å². The summed E-state index contributed by atoms with van der Waals surface area (Å²) in [5, 5.41) is 5.36. The summed E-state index contributed by atoms with van der Waals surface area (Å²) in [5.74, 6) is -2.83. The van der Waals surface area contributed by atoms with Crippen LogP contribution < -0.4 is 10.6 Å². The molecule has 2 aromatic carbocycles. The maximum Gasteiger partial charge on any atom is 0.318 e. The van der Waals surface area contributed by atoms with Crippen LogP contribution in [0.1, 0.15) is 30.1 Å². The third kappa shape index (κ3) is 7.14. The number of halogens is 1. The van der Waals surface area contributed by atoms with Crippen LogP contribution >= 0.6 is 11.6 Å². The van der Waals surface area contributed by atoms with E-state index in [1.54, 1.807) is 48.5 Å². The third-order valence-electron chi connectivity index (χ3n) is 6.16. The second-order valence-electron chi connectivity index (χ2n) is 9.68. The molecule has 2 heterocycles. The van der Waals surface area contributed by atoms with Crippen LogP contribution in [-0.2, 0) is 25.1 Å². The van der Waals surface area contributed by atoms with Gasteiger partial charge in [-0.05, 0) is 37.6 Å². The summed E-state index contributed by atoms with van der Waals surface area (Å²) >= 11 is 6.14. The predicted octanol–water partition coefficient (Wildman–Crippen LogP) is 2.58. The molecule has 1 aromatic heterocycles. The number of Topliss-reactive ketones (excluding diaryl/α,β-unsaturated/α-hetero) is 1. The van der Waals surface area contributed by atoms with Crippen molar-refractivity contribution in [3.63, 3.8) is 0 Å². The van der Waals surface area contributed by atoms with E-state index >= 15 is 0 Å². The van der Waals surface area contributed by atoms with Gasteiger partial charge in [-0.1, -0.05) is 41.9 Å². The van der Waals surface area contributed by atoms with Gasteiger partial charge in [0.15, 0.2) is 15.4 Å². The summed E-state index contributed by atoms with van der Waals surface area (Å²) in [6.07, 6.45) is 0. The van der Waals surface area contributed by atoms with Crippen LogP contribution in [-0.4, -0.2) is 79.7 Å². The molecule has 0 radical (unpaired) electrons. The number of amides is 3. The second-order valence-corrected chi connectivity index (χ2v) is 12.2. The van der Waals surface area contributed by atoms with Crippen LogP contribution in [0.4, 0.5) is 4.79 Å². The number of para-hydroxylation sites is 2. The van der Waals surface area contributed by atoms with Crippen molar-refractivity contribution in [2.75, 3.05) is 32.1 Å². The van der Waals surface area contributed by atoms with Crippen molar-refractivity contribution in [2.24, 2.45) is 0 Å². The summed E-state index contributed by atoms with van der Waals surface area (Å²) in [7, 11) is -3.94. The van der Waals surface area contributed by atoms with Gasteiger partial charge in [0, 0.05) is 18.1 Å². The smallest absolute Gasteiger partial charge is 0.318 e. The molecule has 2 N–H and O–H groups in total. The molecule has 1 aliphatic heterocycles. The summed E-state index contributed by atoms with van der Waals surface area (Å²) < 4.78 is 37.1. The number of ether oxygens (including phenoxy) is 1. The lowest BCUT2D eigenvalue weighted by Crippen LogP contribution is -2.60. The number of urea groups is 1. The molecule has 0 bridgehead atoms. The average molecular weight is 577 g/mol. The molecule has 1 atom stereocenters. The number of nitrogens with zero attached hydrogens (tertiary/aromatic N) is 2. The predicted molar refractivity (Wildman–Crippen MR) is 144 cm³/mol. The number of carbonyl (C=O) groups excluding carboxylic acids is 3. The van der Waals surface area contributed by atoms with Gasteiger partial charge in [0.1, 0.15) is 17.1 Å². The number of hydrogen-bond donors (Lipinski definition) is 2. The van der Waals surface area contributed by atoms with E-state index in [0.29, 0.717) is 29.9 Å². The molecular weight excluding hydrogens is 548 g/mol. The Bertz CT molecular complexity index is 1450. The van der Waals surface area contributed by atoms with Gasteiger partial charge in [0.25, 0.3) is 5.89 Å². The van der Waals surface area contributed by atoms with E-state index in [9.17, 15) is 22.8 Å². The van der Waals surface area contributed by atoms with Crippen molar-refractivity contribution < 1.29 is 32.0 Å². The Morgan fingerprint density at radius 1 is 1.08 bits per heavy atom. The van der Waals surface area contributed by atoms with Crippen LogP contribution in [0.2, 0.25) is 5.02 Å². The number of ketones is 1. The van der Waals surface area contributed by atoms with Crippen LogP contribution in [0, 0.1) is 0 Å². The molecule has 11 nitrogen and oxygen atoms in total. The Labute approximate surface area is 230 Å². The Morgan fingerprint density at radius 3 is 2.44 bits per heavy atom. The maximum atomic E-state index is 13.4. The van der Waals surface area contributed by atoms with Crippen molar-refractivity contribution in [1.29, 1.82) is 0 Å². The highest BCUT2D eigenvalue weighted by atomic mass is 35.5. The van der Waals surface area contributed by atoms with Gasteiger partial charge in [-0.3, -0.25) is 9.59 Å². The first kappa shape index (κ1) is 28.5. The van der Waals surface area contributed by atoms with Crippen molar-refractivity contribution in [3.8, 4) is 0 Å². The zero-order valence-corrected chi connectivity index (χ0v) is 23.0. The van der Waals surface area contributed by atoms with Gasteiger partial charge in [-0.25, -0.2) is 18.2 Å². The van der Waals surface area contributed by atoms with Gasteiger partial charge < -0.3 is 24.7 Å². The van der Waals surface area contributed by atoms with Crippen molar-refractivity contribution in [2.45, 2.75) is 31.2 Å². The van der Waals surface area contributed by atoms with E-state index in [1.165, 1.54) is 18.7 Å². The number of morpholine rings is 1. The number of fused-ring (bicyclic) bond motifs is 1. The molecule has 4 rings (SSSR count). The molecule has 39 heavy (non-hydrogen) atoms. The number of nitrogens with one attached hydrogen (secondary N) is 2. The molecule has 208 valence electrons. The number of oxazole rings is 1. The molecule has 0 unspecified atom stereocenters. The highest BCUT2D eigenvalue weighted by molar-refractivity contribution is 7.90. The fourth-order valence-electron chi connectivity index (χ4n) is 4.04. The molecule has 1 saturated heterocycles. The number of rotatable bonds is 9. The first-order chi connectivity index (χ1) is 18.4. The highest BCUT2D eigenvalue weighted by Gasteiger charge is 2.38. The van der Waals surface area contributed by atoms with E-state index in [4.69, 9.17) is 20.8 Å². The molecule has 0 aliphatic carbocycles. The zero-order chi connectivity index (χ0) is 28.2. The minimum Gasteiger partial charge on any atom is -0.434 e. The molecule has 0 spiro atoms. The molecule has 1 fully saturated rings. The molecule has 1 aliphatic rings. The number of benzene rings is 2. The number of hydrogen-bond acceptors (Lipinski definition) is 8. The Morgan fingerprint density at radius 2 is 1.74 bits per heavy atom. The fourth-order valence-corrected chi connectivity index (χ4v) is 5.91. The third-order valence-corrected chi connectivity index (χ3v) is 8.12. The van der Waals surface area contributed by atoms with Gasteiger partial charge in [0.05, 0.1) is 24.7 Å². The topological polar surface area (TPSA) is 148 Å². The van der Waals surface area contributed by atoms with Gasteiger partial charge in [0.2, 0.25) is 11.7 Å². The van der Waals surface area contributed by atoms with E-state index in [-0.39, 0.29) is 24.0 Å². The van der Waals surface area contributed by atoms with Crippen molar-refractivity contribution >= 4 is 50.3 Å². The summed E-state index contributed by atoms with van der Waals surface area (Å²) in [6, 6.07) is 11.2. The molecule has 0 saturated carbocycles. The van der Waals surface area contributed by atoms with Gasteiger partial charge in [-0.2, -0.15) is 0 Å². The quantitative estimate of drug-likeness (QED) is 0.369. The lowest BCUT2D eigenvalue weighted by molar-refractivity contribution is -0.123. The highest BCUT2D eigenvalue weighted by Crippen LogP contribution is 2.21. The minimum atomic E-state index is -3.94. The number of aromatic nitrogens is 1. The van der Waals surface area contributed by atoms with Crippen LogP contribution in [0.3, 0.4) is 0 Å². The summed E-state index contributed by atoms with van der Waals surface area (Å²) in [6.45, 7) is 4.10. The van der Waals surface area contributed by atoms with Crippen LogP contribution in [0.5, 0.6) is 0 Å². The second kappa shape index (κ2) is 11.7. The Hall–Kier alpha value is -3.48. The summed E-state index contributed by atoms with van der Waals surface area (Å²) in [5.41, 5.74) is -0.287. The molecule has 3 aromatic rings. The lowest BCUT2D eigenvalue weighted by atomic mass is 9.98. The lowest BCUT2D eigenvalue weighted by Gasteiger charge is -2.30. The maximum absolute atomic E-state index is 13.4. The van der Waals surface area contributed by atoms with E-state index < -0.39 is 50.6 Å². The monoisotopic (exact) mass is 576 g/mol. The normalized spacial score (nSPS) is 15.1. The van der Waals surface area contributed by atoms with E-state index in [2.05, 4.69) is 15.6 Å². The first-order valence-corrected chi connectivity index (χ1v) is 14.4. The molecule has 13 heteroatoms. The number of carbonyl (C=O) groups is 3. The fraction of sp³-hybridized carbons (Fsp3) is 0.385. The number of sulfone groups is 1. The standard InChI is InChI=1S/C26H29ClN4O7S/c1-26(2,22(32)24-28-19-9-5-6-10-21(19)38-24)30-23(33)20(29-25(34)31-11-13-37-14-12-31)16-39(35,36)15-17-7-3-4-8-18(17)27/h3-10,20H,11-16H2,1-2H3,(H,29,34)(H,30,33)/t20-/m0/s1. The summed E-state index contributed by atoms with van der Waals surface area (Å²) in [4.78, 5) is 45.2. The Balaban J connectivity index is 1.54. The van der Waals surface area contributed by atoms with E-state index in [0.717, 1.165) is 0 Å². The van der Waals surface area contributed by atoms with Crippen molar-refractivity contribution in [3.05, 3.63) is 65.0 Å². The first-order valence-electron chi connectivity index (χ1n) is 12.2. The largest absolute Gasteiger partial charge is 0.434 e. The van der Waals surface area contributed by atoms with Crippen LogP contribution in [0.15, 0.2) is 52.9 Å². The Kier molecular flexibility index (Phi) is 8.57. The molecular formula is C26H29ClN4O7S. The SMILES string of the molecule is CC(C)(NC(=O)[C@H](CS(=O)(=O)Cc1ccccc1Cl)NC(=O)N1CCOCC1)C(=O)c1nc2ccccc2o1. The van der Waals surface area contributed by atoms with Gasteiger partial charge >= 0.3 is 6.03 Å². The minimum absolute atomic E-state index is 0.207. The van der Waals surface area contributed by atoms with E-state index in [1.807, 2.05) is 0 Å². The molecule has 3 amide bonds. The zero-order valence-electron chi connectivity index (χ0n) is 21.5. The van der Waals surface area contributed by atoms with Gasteiger partial charge in [-0.15, -0.1) is 0 Å².